The Kier molecular flexibility index (Phi) is 6.18. The summed E-state index contributed by atoms with van der Waals surface area (Å²) in [5, 5.41) is 9.14. The van der Waals surface area contributed by atoms with E-state index in [0.717, 1.165) is 28.1 Å². The van der Waals surface area contributed by atoms with Crippen molar-refractivity contribution in [3.63, 3.8) is 0 Å². The minimum Gasteiger partial charge on any atom is -0.443 e. The average Bonchev–Trinajstić information content (AvgIpc) is 2.91. The molecule has 1 amide bonds. The standard InChI is InChI=1S/C24H31FN2O3/c1-23(2,3)30-22(29)27-15-24(4,5)21-20(27)12-16(14-26-21)11-18-8-9-19(25)13-17(18)7-6-10-28/h8-9,12-14,28H,6-7,10-11,15H2,1-5H3. The maximum absolute atomic E-state index is 13.7. The maximum Gasteiger partial charge on any atom is 0.414 e. The Bertz CT molecular complexity index is 935. The number of aryl methyl sites for hydroxylation is 1. The molecule has 1 aromatic heterocycles. The van der Waals surface area contributed by atoms with Crippen LogP contribution in [0.25, 0.3) is 0 Å². The molecule has 0 fully saturated rings. The number of nitrogens with zero attached hydrogens (tertiary/aromatic N) is 2. The molecule has 1 aliphatic rings. The van der Waals surface area contributed by atoms with Crippen molar-refractivity contribution in [1.82, 2.24) is 4.98 Å². The van der Waals surface area contributed by atoms with Crippen LogP contribution in [0, 0.1) is 5.82 Å². The summed E-state index contributed by atoms with van der Waals surface area (Å²) >= 11 is 0. The molecule has 1 aromatic carbocycles. The van der Waals surface area contributed by atoms with E-state index in [2.05, 4.69) is 18.8 Å². The number of hydrogen-bond donors (Lipinski definition) is 1. The number of carbonyl (C=O) groups is 1. The smallest absolute Gasteiger partial charge is 0.414 e. The van der Waals surface area contributed by atoms with E-state index < -0.39 is 5.60 Å². The van der Waals surface area contributed by atoms with Gasteiger partial charge in [0.2, 0.25) is 0 Å². The molecule has 30 heavy (non-hydrogen) atoms. The molecular weight excluding hydrogens is 383 g/mol. The lowest BCUT2D eigenvalue weighted by atomic mass is 9.90. The Hall–Kier alpha value is -2.47. The first kappa shape index (κ1) is 22.2. The molecule has 162 valence electrons. The van der Waals surface area contributed by atoms with Gasteiger partial charge in [0.25, 0.3) is 0 Å². The SMILES string of the molecule is CC(C)(C)OC(=O)N1CC(C)(C)c2ncc(Cc3ccc(F)cc3CCCO)cc21. The van der Waals surface area contributed by atoms with Gasteiger partial charge in [0.1, 0.15) is 11.4 Å². The van der Waals surface area contributed by atoms with Crippen LogP contribution in [0.1, 0.15) is 63.4 Å². The second kappa shape index (κ2) is 8.34. The van der Waals surface area contributed by atoms with Crippen LogP contribution in [-0.2, 0) is 23.0 Å². The molecule has 6 heteroatoms. The van der Waals surface area contributed by atoms with E-state index in [4.69, 9.17) is 9.84 Å². The number of aromatic nitrogens is 1. The molecule has 0 saturated heterocycles. The Morgan fingerprint density at radius 2 is 2.00 bits per heavy atom. The molecule has 1 aliphatic heterocycles. The van der Waals surface area contributed by atoms with Gasteiger partial charge in [0, 0.05) is 24.8 Å². The minimum atomic E-state index is -0.579. The number of carbonyl (C=O) groups excluding carboxylic acids is 1. The third-order valence-electron chi connectivity index (χ3n) is 5.19. The summed E-state index contributed by atoms with van der Waals surface area (Å²) in [5.41, 5.74) is 3.61. The summed E-state index contributed by atoms with van der Waals surface area (Å²) in [7, 11) is 0. The minimum absolute atomic E-state index is 0.0658. The lowest BCUT2D eigenvalue weighted by Crippen LogP contribution is -2.38. The Morgan fingerprint density at radius 3 is 2.67 bits per heavy atom. The molecular formula is C24H31FN2O3. The molecule has 1 N–H and O–H groups in total. The number of anilines is 1. The van der Waals surface area contributed by atoms with Crippen molar-refractivity contribution in [2.24, 2.45) is 0 Å². The van der Waals surface area contributed by atoms with Gasteiger partial charge in [-0.3, -0.25) is 9.88 Å². The second-order valence-electron chi connectivity index (χ2n) is 9.58. The van der Waals surface area contributed by atoms with Gasteiger partial charge in [-0.1, -0.05) is 19.9 Å². The molecule has 0 saturated carbocycles. The normalized spacial score (nSPS) is 15.2. The highest BCUT2D eigenvalue weighted by Crippen LogP contribution is 2.40. The third kappa shape index (κ3) is 4.98. The summed E-state index contributed by atoms with van der Waals surface area (Å²) in [6, 6.07) is 6.75. The number of amides is 1. The highest BCUT2D eigenvalue weighted by Gasteiger charge is 2.41. The molecule has 0 unspecified atom stereocenters. The van der Waals surface area contributed by atoms with Gasteiger partial charge in [-0.2, -0.15) is 0 Å². The van der Waals surface area contributed by atoms with E-state index in [1.165, 1.54) is 12.1 Å². The molecule has 0 atom stereocenters. The van der Waals surface area contributed by atoms with Gasteiger partial charge in [-0.25, -0.2) is 9.18 Å². The topological polar surface area (TPSA) is 62.7 Å². The molecule has 0 bridgehead atoms. The summed E-state index contributed by atoms with van der Waals surface area (Å²) in [5.74, 6) is -0.281. The second-order valence-corrected chi connectivity index (χ2v) is 9.58. The van der Waals surface area contributed by atoms with Crippen LogP contribution in [0.2, 0.25) is 0 Å². The quantitative estimate of drug-likeness (QED) is 0.766. The lowest BCUT2D eigenvalue weighted by Gasteiger charge is -2.25. The van der Waals surface area contributed by atoms with Gasteiger partial charge >= 0.3 is 6.09 Å². The molecule has 2 heterocycles. The van der Waals surface area contributed by atoms with Crippen LogP contribution in [-0.4, -0.2) is 34.9 Å². The lowest BCUT2D eigenvalue weighted by molar-refractivity contribution is 0.0579. The van der Waals surface area contributed by atoms with E-state index in [1.807, 2.05) is 33.0 Å². The van der Waals surface area contributed by atoms with Crippen molar-refractivity contribution >= 4 is 11.8 Å². The van der Waals surface area contributed by atoms with Crippen molar-refractivity contribution in [3.05, 3.63) is 58.7 Å². The molecule has 3 rings (SSSR count). The number of halogens is 1. The average molecular weight is 415 g/mol. The van der Waals surface area contributed by atoms with Crippen LogP contribution in [0.15, 0.2) is 30.5 Å². The first-order valence-electron chi connectivity index (χ1n) is 10.4. The Balaban J connectivity index is 1.92. The fourth-order valence-electron chi connectivity index (χ4n) is 3.84. The fraction of sp³-hybridized carbons (Fsp3) is 0.500. The molecule has 2 aromatic rings. The number of rotatable bonds is 5. The number of ether oxygens (including phenoxy) is 1. The highest BCUT2D eigenvalue weighted by atomic mass is 19.1. The van der Waals surface area contributed by atoms with Gasteiger partial charge < -0.3 is 9.84 Å². The number of benzene rings is 1. The number of pyridine rings is 1. The van der Waals surface area contributed by atoms with Crippen LogP contribution < -0.4 is 4.90 Å². The summed E-state index contributed by atoms with van der Waals surface area (Å²) < 4.78 is 19.3. The number of fused-ring (bicyclic) bond motifs is 1. The van der Waals surface area contributed by atoms with E-state index in [-0.39, 0.29) is 23.9 Å². The van der Waals surface area contributed by atoms with Gasteiger partial charge in [0.05, 0.1) is 11.4 Å². The van der Waals surface area contributed by atoms with Crippen molar-refractivity contribution < 1.29 is 19.0 Å². The van der Waals surface area contributed by atoms with Crippen molar-refractivity contribution in [1.29, 1.82) is 0 Å². The van der Waals surface area contributed by atoms with Crippen molar-refractivity contribution in [2.75, 3.05) is 18.1 Å². The van der Waals surface area contributed by atoms with Gasteiger partial charge in [-0.15, -0.1) is 0 Å². The van der Waals surface area contributed by atoms with E-state index in [9.17, 15) is 9.18 Å². The molecule has 0 radical (unpaired) electrons. The largest absolute Gasteiger partial charge is 0.443 e. The van der Waals surface area contributed by atoms with Crippen molar-refractivity contribution in [3.8, 4) is 0 Å². The number of aliphatic hydroxyl groups is 1. The fourth-order valence-corrected chi connectivity index (χ4v) is 3.84. The zero-order valence-electron chi connectivity index (χ0n) is 18.5. The Morgan fingerprint density at radius 1 is 1.27 bits per heavy atom. The zero-order valence-corrected chi connectivity index (χ0v) is 18.5. The van der Waals surface area contributed by atoms with E-state index >= 15 is 0 Å². The van der Waals surface area contributed by atoms with E-state index in [0.29, 0.717) is 25.8 Å². The van der Waals surface area contributed by atoms with Crippen LogP contribution in [0.3, 0.4) is 0 Å². The summed E-state index contributed by atoms with van der Waals surface area (Å²) in [4.78, 5) is 19.1. The first-order chi connectivity index (χ1) is 14.0. The van der Waals surface area contributed by atoms with Crippen LogP contribution >= 0.6 is 0 Å². The number of aliphatic hydroxyl groups excluding tert-OH is 1. The highest BCUT2D eigenvalue weighted by molar-refractivity contribution is 5.91. The predicted octanol–water partition coefficient (Wildman–Crippen LogP) is 4.77. The monoisotopic (exact) mass is 414 g/mol. The summed E-state index contributed by atoms with van der Waals surface area (Å²) in [6.45, 7) is 10.3. The van der Waals surface area contributed by atoms with Crippen LogP contribution in [0.4, 0.5) is 14.9 Å². The molecule has 0 aliphatic carbocycles. The Labute approximate surface area is 177 Å². The van der Waals surface area contributed by atoms with Crippen molar-refractivity contribution in [2.45, 2.75) is 64.9 Å². The van der Waals surface area contributed by atoms with Gasteiger partial charge in [-0.05, 0) is 74.9 Å². The van der Waals surface area contributed by atoms with E-state index in [1.54, 1.807) is 11.0 Å². The predicted molar refractivity (Wildman–Crippen MR) is 115 cm³/mol. The number of hydrogen-bond acceptors (Lipinski definition) is 4. The van der Waals surface area contributed by atoms with Gasteiger partial charge in [0.15, 0.2) is 0 Å². The zero-order chi connectivity index (χ0) is 22.1. The third-order valence-corrected chi connectivity index (χ3v) is 5.19. The molecule has 0 spiro atoms. The first-order valence-corrected chi connectivity index (χ1v) is 10.4. The summed E-state index contributed by atoms with van der Waals surface area (Å²) in [6.07, 6.45) is 3.22. The molecule has 5 nitrogen and oxygen atoms in total. The van der Waals surface area contributed by atoms with Crippen LogP contribution in [0.5, 0.6) is 0 Å². The maximum atomic E-state index is 13.7.